The number of nitrogens with one attached hydrogen (secondary N) is 1. The summed E-state index contributed by atoms with van der Waals surface area (Å²) in [7, 11) is 0. The van der Waals surface area contributed by atoms with Gasteiger partial charge in [0.15, 0.2) is 0 Å². The summed E-state index contributed by atoms with van der Waals surface area (Å²) in [6.45, 7) is 0. The van der Waals surface area contributed by atoms with Crippen LogP contribution in [0.4, 0.5) is 0 Å². The van der Waals surface area contributed by atoms with Gasteiger partial charge in [-0.05, 0) is 17.7 Å². The Kier molecular flexibility index (Phi) is 2.79. The van der Waals surface area contributed by atoms with E-state index in [1.54, 1.807) is 18.2 Å². The molecule has 0 aliphatic heterocycles. The van der Waals surface area contributed by atoms with Crippen molar-refractivity contribution in [3.8, 4) is 0 Å². The van der Waals surface area contributed by atoms with Crippen LogP contribution in [0.3, 0.4) is 0 Å². The van der Waals surface area contributed by atoms with E-state index in [0.29, 0.717) is 21.5 Å². The Morgan fingerprint density at radius 3 is 2.35 bits per heavy atom. The number of Topliss-reactive ketones (excluding diaryl/α,β-unsaturated/α-hetero) is 4. The lowest BCUT2D eigenvalue weighted by atomic mass is 9.80. The topological polar surface area (TPSA) is 84.1 Å². The van der Waals surface area contributed by atoms with Crippen molar-refractivity contribution in [3.05, 3.63) is 35.0 Å². The van der Waals surface area contributed by atoms with Crippen LogP contribution in [0.1, 0.15) is 17.9 Å². The van der Waals surface area contributed by atoms with Crippen LogP contribution in [0.5, 0.6) is 0 Å². The lowest BCUT2D eigenvalue weighted by molar-refractivity contribution is -0.149. The minimum absolute atomic E-state index is 0.341. The Bertz CT molecular complexity index is 764. The number of carbonyl (C=O) groups is 4. The average Bonchev–Trinajstić information content (AvgIpc) is 2.80. The van der Waals surface area contributed by atoms with Crippen LogP contribution < -0.4 is 0 Å². The average molecular weight is 290 g/mol. The number of aromatic amines is 1. The molecule has 0 saturated heterocycles. The molecule has 100 valence electrons. The fourth-order valence-corrected chi connectivity index (χ4v) is 2.58. The number of halogens is 1. The summed E-state index contributed by atoms with van der Waals surface area (Å²) in [5, 5.41) is 1.10. The molecule has 20 heavy (non-hydrogen) atoms. The first-order valence-electron chi connectivity index (χ1n) is 5.89. The summed E-state index contributed by atoms with van der Waals surface area (Å²) in [5.74, 6) is -4.62. The van der Waals surface area contributed by atoms with Crippen LogP contribution in [-0.2, 0) is 19.2 Å². The Morgan fingerprint density at radius 1 is 1.05 bits per heavy atom. The first-order valence-corrected chi connectivity index (χ1v) is 6.27. The van der Waals surface area contributed by atoms with Crippen molar-refractivity contribution in [1.29, 1.82) is 0 Å². The van der Waals surface area contributed by atoms with E-state index in [-0.39, 0.29) is 0 Å². The van der Waals surface area contributed by atoms with E-state index >= 15 is 0 Å². The van der Waals surface area contributed by atoms with Gasteiger partial charge in [0, 0.05) is 22.1 Å². The Balaban J connectivity index is 2.18. The molecule has 0 radical (unpaired) electrons. The number of aromatic nitrogens is 1. The van der Waals surface area contributed by atoms with Gasteiger partial charge in [0.25, 0.3) is 0 Å². The normalized spacial score (nSPS) is 17.2. The van der Waals surface area contributed by atoms with Gasteiger partial charge in [-0.2, -0.15) is 0 Å². The molecule has 6 heteroatoms. The van der Waals surface area contributed by atoms with Gasteiger partial charge < -0.3 is 4.98 Å². The molecule has 0 bridgehead atoms. The molecular weight excluding hydrogens is 282 g/mol. The molecule has 0 unspecified atom stereocenters. The summed E-state index contributed by atoms with van der Waals surface area (Å²) < 4.78 is 0. The van der Waals surface area contributed by atoms with Crippen molar-refractivity contribution in [3.63, 3.8) is 0 Å². The highest BCUT2D eigenvalue weighted by molar-refractivity contribution is 6.61. The standard InChI is InChI=1S/C14H8ClNO4/c15-6-1-2-7-8(5-16-9(7)3-6)12-13(19)10(17)4-11(18)14(12)20/h1-3,5,12,16H,4H2. The zero-order valence-corrected chi connectivity index (χ0v) is 10.9. The largest absolute Gasteiger partial charge is 0.361 e. The maximum atomic E-state index is 11.9. The smallest absolute Gasteiger partial charge is 0.214 e. The number of carbonyl (C=O) groups excluding carboxylic acids is 4. The third kappa shape index (κ3) is 1.78. The molecular formula is C14H8ClNO4. The van der Waals surface area contributed by atoms with Crippen molar-refractivity contribution in [2.24, 2.45) is 0 Å². The number of H-pyrrole nitrogens is 1. The van der Waals surface area contributed by atoms with E-state index in [1.807, 2.05) is 0 Å². The molecule has 1 aromatic carbocycles. The van der Waals surface area contributed by atoms with E-state index in [9.17, 15) is 19.2 Å². The van der Waals surface area contributed by atoms with E-state index in [2.05, 4.69) is 4.98 Å². The van der Waals surface area contributed by atoms with Crippen LogP contribution in [0.15, 0.2) is 24.4 Å². The first-order chi connectivity index (χ1) is 9.49. The van der Waals surface area contributed by atoms with Crippen LogP contribution in [0.25, 0.3) is 10.9 Å². The second kappa shape index (κ2) is 4.38. The molecule has 0 amide bonds. The van der Waals surface area contributed by atoms with Gasteiger partial charge >= 0.3 is 0 Å². The van der Waals surface area contributed by atoms with Crippen molar-refractivity contribution in [2.75, 3.05) is 0 Å². The number of fused-ring (bicyclic) bond motifs is 1. The fourth-order valence-electron chi connectivity index (χ4n) is 2.40. The highest BCUT2D eigenvalue weighted by Crippen LogP contribution is 2.31. The minimum Gasteiger partial charge on any atom is -0.361 e. The van der Waals surface area contributed by atoms with Crippen molar-refractivity contribution < 1.29 is 19.2 Å². The Morgan fingerprint density at radius 2 is 1.70 bits per heavy atom. The predicted octanol–water partition coefficient (Wildman–Crippen LogP) is 1.58. The summed E-state index contributed by atoms with van der Waals surface area (Å²) >= 11 is 5.86. The van der Waals surface area contributed by atoms with Gasteiger partial charge in [-0.25, -0.2) is 0 Å². The predicted molar refractivity (Wildman–Crippen MR) is 70.7 cm³/mol. The number of ketones is 4. The molecule has 1 aliphatic carbocycles. The van der Waals surface area contributed by atoms with Gasteiger partial charge in [-0.1, -0.05) is 17.7 Å². The number of rotatable bonds is 1. The number of hydrogen-bond acceptors (Lipinski definition) is 4. The van der Waals surface area contributed by atoms with Crippen LogP contribution >= 0.6 is 11.6 Å². The Labute approximate surface area is 117 Å². The monoisotopic (exact) mass is 289 g/mol. The van der Waals surface area contributed by atoms with Gasteiger partial charge in [0.2, 0.25) is 23.1 Å². The van der Waals surface area contributed by atoms with E-state index in [0.717, 1.165) is 0 Å². The zero-order valence-electron chi connectivity index (χ0n) is 10.1. The number of benzene rings is 1. The third-order valence-corrected chi connectivity index (χ3v) is 3.62. The van der Waals surface area contributed by atoms with Crippen molar-refractivity contribution in [1.82, 2.24) is 4.98 Å². The molecule has 1 heterocycles. The Hall–Kier alpha value is -2.27. The summed E-state index contributed by atoms with van der Waals surface area (Å²) in [6.07, 6.45) is 0.843. The molecule has 2 aromatic rings. The zero-order chi connectivity index (χ0) is 14.4. The molecule has 1 N–H and O–H groups in total. The second-order valence-corrected chi connectivity index (χ2v) is 5.06. The molecule has 1 aromatic heterocycles. The van der Waals surface area contributed by atoms with E-state index in [4.69, 9.17) is 11.6 Å². The van der Waals surface area contributed by atoms with Gasteiger partial charge in [-0.3, -0.25) is 19.2 Å². The SMILES string of the molecule is O=C1CC(=O)C(=O)C(c2c[nH]c3cc(Cl)ccc23)C1=O. The molecule has 3 rings (SSSR count). The maximum absolute atomic E-state index is 11.9. The van der Waals surface area contributed by atoms with Gasteiger partial charge in [0.05, 0.1) is 6.42 Å². The molecule has 1 fully saturated rings. The first kappa shape index (κ1) is 12.7. The summed E-state index contributed by atoms with van der Waals surface area (Å²) in [5.41, 5.74) is 0.978. The summed E-state index contributed by atoms with van der Waals surface area (Å²) in [6, 6.07) is 4.90. The maximum Gasteiger partial charge on any atom is 0.214 e. The highest BCUT2D eigenvalue weighted by Gasteiger charge is 2.43. The van der Waals surface area contributed by atoms with Crippen LogP contribution in [0, 0.1) is 0 Å². The fraction of sp³-hybridized carbons (Fsp3) is 0.143. The minimum atomic E-state index is -1.33. The van der Waals surface area contributed by atoms with Crippen LogP contribution in [0.2, 0.25) is 5.02 Å². The lowest BCUT2D eigenvalue weighted by Crippen LogP contribution is -2.40. The molecule has 5 nitrogen and oxygen atoms in total. The molecule has 0 spiro atoms. The van der Waals surface area contributed by atoms with Crippen molar-refractivity contribution in [2.45, 2.75) is 12.3 Å². The third-order valence-electron chi connectivity index (χ3n) is 3.38. The molecule has 0 atom stereocenters. The second-order valence-electron chi connectivity index (χ2n) is 4.62. The van der Waals surface area contributed by atoms with Crippen molar-refractivity contribution >= 4 is 45.6 Å². The van der Waals surface area contributed by atoms with E-state index in [1.165, 1.54) is 6.20 Å². The van der Waals surface area contributed by atoms with Crippen LogP contribution in [-0.4, -0.2) is 28.1 Å². The molecule has 1 saturated carbocycles. The molecule has 1 aliphatic rings. The lowest BCUT2D eigenvalue weighted by Gasteiger charge is -2.16. The van der Waals surface area contributed by atoms with Gasteiger partial charge in [-0.15, -0.1) is 0 Å². The highest BCUT2D eigenvalue weighted by atomic mass is 35.5. The van der Waals surface area contributed by atoms with E-state index < -0.39 is 35.5 Å². The van der Waals surface area contributed by atoms with Gasteiger partial charge in [0.1, 0.15) is 5.92 Å². The summed E-state index contributed by atoms with van der Waals surface area (Å²) in [4.78, 5) is 49.7. The number of hydrogen-bond donors (Lipinski definition) is 1. The quantitative estimate of drug-likeness (QED) is 0.638.